The Morgan fingerprint density at radius 3 is 2.40 bits per heavy atom. The summed E-state index contributed by atoms with van der Waals surface area (Å²) in [5.74, 6) is 1.73. The summed E-state index contributed by atoms with van der Waals surface area (Å²) in [6.07, 6.45) is 6.21. The number of nitrogens with zero attached hydrogens (tertiary/aromatic N) is 2. The molecule has 0 aliphatic rings. The number of imidazole rings is 1. The van der Waals surface area contributed by atoms with Gasteiger partial charge in [-0.25, -0.2) is 4.98 Å². The molecule has 0 aliphatic heterocycles. The number of nitrogens with one attached hydrogen (secondary N) is 1. The first-order chi connectivity index (χ1) is 9.76. The Balaban J connectivity index is 2.13. The van der Waals surface area contributed by atoms with Gasteiger partial charge in [-0.05, 0) is 11.5 Å². The molecule has 3 heteroatoms. The van der Waals surface area contributed by atoms with Gasteiger partial charge in [-0.2, -0.15) is 0 Å². The highest BCUT2D eigenvalue weighted by Gasteiger charge is 2.20. The van der Waals surface area contributed by atoms with Gasteiger partial charge in [0.25, 0.3) is 0 Å². The Labute approximate surface area is 122 Å². The minimum atomic E-state index is 0.392. The van der Waals surface area contributed by atoms with Crippen molar-refractivity contribution in [1.82, 2.24) is 14.9 Å². The number of aryl methyl sites for hydroxylation is 1. The molecular weight excluding hydrogens is 246 g/mol. The molecule has 2 aromatic rings. The minimum Gasteiger partial charge on any atom is -0.337 e. The van der Waals surface area contributed by atoms with Crippen molar-refractivity contribution >= 4 is 0 Å². The van der Waals surface area contributed by atoms with Crippen molar-refractivity contribution < 1.29 is 0 Å². The summed E-state index contributed by atoms with van der Waals surface area (Å²) in [4.78, 5) is 4.39. The van der Waals surface area contributed by atoms with Crippen molar-refractivity contribution in [3.63, 3.8) is 0 Å². The van der Waals surface area contributed by atoms with Crippen LogP contribution in [0.4, 0.5) is 0 Å². The monoisotopic (exact) mass is 271 g/mol. The van der Waals surface area contributed by atoms with Crippen LogP contribution in [-0.4, -0.2) is 9.55 Å². The quantitative estimate of drug-likeness (QED) is 0.832. The predicted octanol–water partition coefficient (Wildman–Crippen LogP) is 3.69. The third-order valence-corrected chi connectivity index (χ3v) is 4.08. The van der Waals surface area contributed by atoms with E-state index >= 15 is 0 Å². The Morgan fingerprint density at radius 2 is 1.85 bits per heavy atom. The highest BCUT2D eigenvalue weighted by molar-refractivity contribution is 5.19. The van der Waals surface area contributed by atoms with Gasteiger partial charge in [-0.1, -0.05) is 57.0 Å². The third kappa shape index (κ3) is 3.48. The van der Waals surface area contributed by atoms with Gasteiger partial charge in [0.2, 0.25) is 0 Å². The van der Waals surface area contributed by atoms with Gasteiger partial charge in [-0.15, -0.1) is 0 Å². The summed E-state index contributed by atoms with van der Waals surface area (Å²) in [5, 5.41) is 3.70. The van der Waals surface area contributed by atoms with E-state index in [-0.39, 0.29) is 0 Å². The van der Waals surface area contributed by atoms with Crippen LogP contribution in [0.3, 0.4) is 0 Å². The predicted molar refractivity (Wildman–Crippen MR) is 83.3 cm³/mol. The molecule has 0 saturated carbocycles. The molecule has 1 atom stereocenters. The van der Waals surface area contributed by atoms with Crippen LogP contribution in [0.25, 0.3) is 0 Å². The summed E-state index contributed by atoms with van der Waals surface area (Å²) in [6, 6.07) is 11.1. The number of hydrogen-bond donors (Lipinski definition) is 1. The first kappa shape index (κ1) is 14.8. The maximum absolute atomic E-state index is 4.39. The number of aromatic nitrogens is 2. The van der Waals surface area contributed by atoms with E-state index in [1.54, 1.807) is 0 Å². The fourth-order valence-electron chi connectivity index (χ4n) is 2.75. The molecule has 0 aliphatic carbocycles. The average Bonchev–Trinajstić information content (AvgIpc) is 2.90. The summed E-state index contributed by atoms with van der Waals surface area (Å²) in [6.45, 7) is 5.35. The molecule has 1 aromatic carbocycles. The van der Waals surface area contributed by atoms with Crippen LogP contribution in [0.5, 0.6) is 0 Å². The van der Waals surface area contributed by atoms with Crippen LogP contribution in [-0.2, 0) is 13.6 Å². The molecule has 1 heterocycles. The summed E-state index contributed by atoms with van der Waals surface area (Å²) < 4.78 is 2.07. The van der Waals surface area contributed by atoms with Gasteiger partial charge in [0.05, 0.1) is 6.54 Å². The number of benzene rings is 1. The average molecular weight is 271 g/mol. The zero-order chi connectivity index (χ0) is 14.4. The van der Waals surface area contributed by atoms with Crippen LogP contribution in [0, 0.1) is 5.92 Å². The van der Waals surface area contributed by atoms with E-state index in [4.69, 9.17) is 0 Å². The largest absolute Gasteiger partial charge is 0.337 e. The molecule has 1 aromatic heterocycles. The van der Waals surface area contributed by atoms with E-state index in [9.17, 15) is 0 Å². The Kier molecular flexibility index (Phi) is 5.36. The Hall–Kier alpha value is -1.61. The van der Waals surface area contributed by atoms with E-state index in [1.165, 1.54) is 18.4 Å². The van der Waals surface area contributed by atoms with E-state index in [2.05, 4.69) is 59.0 Å². The van der Waals surface area contributed by atoms with Gasteiger partial charge in [0.15, 0.2) is 0 Å². The van der Waals surface area contributed by atoms with Crippen LogP contribution in [0.1, 0.15) is 44.1 Å². The molecule has 2 rings (SSSR count). The maximum Gasteiger partial charge on any atom is 0.122 e. The number of hydrogen-bond acceptors (Lipinski definition) is 2. The maximum atomic E-state index is 4.39. The second-order valence-corrected chi connectivity index (χ2v) is 5.30. The second kappa shape index (κ2) is 7.25. The zero-order valence-electron chi connectivity index (χ0n) is 12.7. The van der Waals surface area contributed by atoms with Crippen LogP contribution in [0.15, 0.2) is 42.7 Å². The van der Waals surface area contributed by atoms with Crippen LogP contribution >= 0.6 is 0 Å². The van der Waals surface area contributed by atoms with Crippen LogP contribution in [0.2, 0.25) is 0 Å². The summed E-state index contributed by atoms with van der Waals surface area (Å²) in [5.41, 5.74) is 1.37. The van der Waals surface area contributed by atoms with Crippen molar-refractivity contribution in [2.75, 3.05) is 0 Å². The minimum absolute atomic E-state index is 0.392. The fraction of sp³-hybridized carbons (Fsp3) is 0.471. The van der Waals surface area contributed by atoms with Gasteiger partial charge >= 0.3 is 0 Å². The molecule has 0 radical (unpaired) electrons. The van der Waals surface area contributed by atoms with Crippen molar-refractivity contribution in [3.05, 3.63) is 54.1 Å². The highest BCUT2D eigenvalue weighted by Crippen LogP contribution is 2.27. The van der Waals surface area contributed by atoms with Gasteiger partial charge in [-0.3, -0.25) is 0 Å². The zero-order valence-corrected chi connectivity index (χ0v) is 12.7. The normalized spacial score (nSPS) is 12.8. The standard InChI is InChI=1S/C17H25N3/c1-4-14(5-2)17(15-9-7-6-8-10-15)19-13-16-18-11-12-20(16)3/h6-12,14,17,19H,4-5,13H2,1-3H3. The molecular formula is C17H25N3. The summed E-state index contributed by atoms with van der Waals surface area (Å²) in [7, 11) is 2.04. The molecule has 108 valence electrons. The Morgan fingerprint density at radius 1 is 1.15 bits per heavy atom. The Bertz CT molecular complexity index is 500. The molecule has 20 heavy (non-hydrogen) atoms. The lowest BCUT2D eigenvalue weighted by atomic mass is 9.89. The van der Waals surface area contributed by atoms with E-state index in [0.717, 1.165) is 12.4 Å². The molecule has 0 bridgehead atoms. The van der Waals surface area contributed by atoms with Crippen molar-refractivity contribution in [2.24, 2.45) is 13.0 Å². The van der Waals surface area contributed by atoms with E-state index < -0.39 is 0 Å². The molecule has 1 N–H and O–H groups in total. The molecule has 0 fully saturated rings. The number of rotatable bonds is 7. The highest BCUT2D eigenvalue weighted by atomic mass is 15.1. The van der Waals surface area contributed by atoms with Gasteiger partial charge < -0.3 is 9.88 Å². The van der Waals surface area contributed by atoms with E-state index in [1.807, 2.05) is 19.4 Å². The van der Waals surface area contributed by atoms with Gasteiger partial charge in [0.1, 0.15) is 5.82 Å². The lowest BCUT2D eigenvalue weighted by Gasteiger charge is -2.27. The molecule has 0 spiro atoms. The summed E-state index contributed by atoms with van der Waals surface area (Å²) >= 11 is 0. The molecule has 1 unspecified atom stereocenters. The first-order valence-corrected chi connectivity index (χ1v) is 7.50. The van der Waals surface area contributed by atoms with Crippen LogP contribution < -0.4 is 5.32 Å². The smallest absolute Gasteiger partial charge is 0.122 e. The fourth-order valence-corrected chi connectivity index (χ4v) is 2.75. The molecule has 0 amide bonds. The first-order valence-electron chi connectivity index (χ1n) is 7.50. The van der Waals surface area contributed by atoms with Gasteiger partial charge in [0, 0.05) is 25.5 Å². The lowest BCUT2D eigenvalue weighted by molar-refractivity contribution is 0.335. The third-order valence-electron chi connectivity index (χ3n) is 4.08. The van der Waals surface area contributed by atoms with E-state index in [0.29, 0.717) is 12.0 Å². The molecule has 3 nitrogen and oxygen atoms in total. The van der Waals surface area contributed by atoms with Crippen molar-refractivity contribution in [2.45, 2.75) is 39.3 Å². The lowest BCUT2D eigenvalue weighted by Crippen LogP contribution is -2.28. The second-order valence-electron chi connectivity index (χ2n) is 5.30. The van der Waals surface area contributed by atoms with Crippen molar-refractivity contribution in [3.8, 4) is 0 Å². The molecule has 0 saturated heterocycles. The SMILES string of the molecule is CCC(CC)C(NCc1nccn1C)c1ccccc1. The topological polar surface area (TPSA) is 29.9 Å². The van der Waals surface area contributed by atoms with Crippen molar-refractivity contribution in [1.29, 1.82) is 0 Å².